The van der Waals surface area contributed by atoms with Gasteiger partial charge in [0.05, 0.1) is 10.7 Å². The Kier molecular flexibility index (Phi) is 2.64. The SMILES string of the molecule is Cc1nccn1Cc1ccc(Cl)c(N)c1. The van der Waals surface area contributed by atoms with Gasteiger partial charge in [-0.3, -0.25) is 0 Å². The van der Waals surface area contributed by atoms with E-state index in [-0.39, 0.29) is 0 Å². The molecule has 0 saturated heterocycles. The molecule has 0 fully saturated rings. The first-order valence-corrected chi connectivity index (χ1v) is 5.06. The number of halogens is 1. The van der Waals surface area contributed by atoms with Crippen molar-refractivity contribution in [3.63, 3.8) is 0 Å². The molecule has 3 nitrogen and oxygen atoms in total. The number of aromatic nitrogens is 2. The van der Waals surface area contributed by atoms with E-state index in [0.717, 1.165) is 17.9 Å². The highest BCUT2D eigenvalue weighted by molar-refractivity contribution is 6.33. The number of hydrogen-bond donors (Lipinski definition) is 1. The van der Waals surface area contributed by atoms with Crippen molar-refractivity contribution in [2.75, 3.05) is 5.73 Å². The van der Waals surface area contributed by atoms with Crippen molar-refractivity contribution in [1.82, 2.24) is 9.55 Å². The lowest BCUT2D eigenvalue weighted by atomic mass is 10.2. The molecule has 0 amide bonds. The molecule has 2 rings (SSSR count). The first-order valence-electron chi connectivity index (χ1n) is 4.68. The van der Waals surface area contributed by atoms with E-state index in [1.807, 2.05) is 31.3 Å². The molecule has 2 aromatic rings. The normalized spacial score (nSPS) is 10.5. The Hall–Kier alpha value is -1.48. The molecule has 0 aliphatic carbocycles. The van der Waals surface area contributed by atoms with Crippen LogP contribution < -0.4 is 5.73 Å². The third kappa shape index (κ3) is 2.13. The smallest absolute Gasteiger partial charge is 0.105 e. The molecule has 0 atom stereocenters. The average Bonchev–Trinajstić information content (AvgIpc) is 2.59. The Bertz CT molecular complexity index is 476. The number of nitrogens with two attached hydrogens (primary N) is 1. The number of anilines is 1. The number of rotatable bonds is 2. The van der Waals surface area contributed by atoms with Crippen molar-refractivity contribution >= 4 is 17.3 Å². The number of nitrogen functional groups attached to an aromatic ring is 1. The van der Waals surface area contributed by atoms with Crippen molar-refractivity contribution < 1.29 is 0 Å². The zero-order chi connectivity index (χ0) is 10.8. The topological polar surface area (TPSA) is 43.8 Å². The first-order chi connectivity index (χ1) is 7.16. The van der Waals surface area contributed by atoms with E-state index in [9.17, 15) is 0 Å². The van der Waals surface area contributed by atoms with Crippen LogP contribution in [0.1, 0.15) is 11.4 Å². The molecule has 4 heteroatoms. The largest absolute Gasteiger partial charge is 0.398 e. The van der Waals surface area contributed by atoms with Crippen LogP contribution >= 0.6 is 11.6 Å². The van der Waals surface area contributed by atoms with Crippen LogP contribution in [0.4, 0.5) is 5.69 Å². The van der Waals surface area contributed by atoms with Crippen LogP contribution in [0, 0.1) is 6.92 Å². The Morgan fingerprint density at radius 3 is 2.87 bits per heavy atom. The minimum atomic E-state index is 0.598. The van der Waals surface area contributed by atoms with Gasteiger partial charge in [-0.25, -0.2) is 4.98 Å². The zero-order valence-corrected chi connectivity index (χ0v) is 9.20. The average molecular weight is 222 g/mol. The van der Waals surface area contributed by atoms with Gasteiger partial charge in [-0.1, -0.05) is 17.7 Å². The van der Waals surface area contributed by atoms with E-state index in [1.165, 1.54) is 0 Å². The number of benzene rings is 1. The molecule has 1 aromatic heterocycles. The van der Waals surface area contributed by atoms with Gasteiger partial charge in [-0.15, -0.1) is 0 Å². The molecule has 0 bridgehead atoms. The summed E-state index contributed by atoms with van der Waals surface area (Å²) in [6, 6.07) is 5.68. The van der Waals surface area contributed by atoms with E-state index >= 15 is 0 Å². The summed E-state index contributed by atoms with van der Waals surface area (Å²) in [5, 5.41) is 0.598. The Morgan fingerprint density at radius 2 is 2.27 bits per heavy atom. The predicted molar refractivity (Wildman–Crippen MR) is 61.9 cm³/mol. The van der Waals surface area contributed by atoms with Gasteiger partial charge in [0.2, 0.25) is 0 Å². The summed E-state index contributed by atoms with van der Waals surface area (Å²) in [5.41, 5.74) is 7.47. The Morgan fingerprint density at radius 1 is 1.47 bits per heavy atom. The molecule has 2 N–H and O–H groups in total. The molecule has 0 spiro atoms. The van der Waals surface area contributed by atoms with Crippen LogP contribution in [0.25, 0.3) is 0 Å². The number of imidazole rings is 1. The van der Waals surface area contributed by atoms with Crippen LogP contribution in [0.5, 0.6) is 0 Å². The van der Waals surface area contributed by atoms with Gasteiger partial charge in [-0.2, -0.15) is 0 Å². The van der Waals surface area contributed by atoms with Crippen molar-refractivity contribution in [3.05, 3.63) is 47.0 Å². The Labute approximate surface area is 93.5 Å². The summed E-state index contributed by atoms with van der Waals surface area (Å²) in [6.45, 7) is 2.74. The molecular weight excluding hydrogens is 210 g/mol. The van der Waals surface area contributed by atoms with Crippen LogP contribution in [0.2, 0.25) is 5.02 Å². The van der Waals surface area contributed by atoms with E-state index in [1.54, 1.807) is 6.20 Å². The lowest BCUT2D eigenvalue weighted by Crippen LogP contribution is -2.01. The van der Waals surface area contributed by atoms with E-state index in [2.05, 4.69) is 9.55 Å². The Balaban J connectivity index is 2.25. The molecule has 1 heterocycles. The van der Waals surface area contributed by atoms with Gasteiger partial charge in [-0.05, 0) is 24.6 Å². The molecule has 0 aliphatic rings. The van der Waals surface area contributed by atoms with Gasteiger partial charge >= 0.3 is 0 Å². The highest BCUT2D eigenvalue weighted by Gasteiger charge is 2.01. The molecular formula is C11H12ClN3. The fourth-order valence-corrected chi connectivity index (χ4v) is 1.58. The van der Waals surface area contributed by atoms with Gasteiger partial charge in [0.25, 0.3) is 0 Å². The minimum absolute atomic E-state index is 0.598. The third-order valence-electron chi connectivity index (χ3n) is 2.34. The molecule has 1 aromatic carbocycles. The van der Waals surface area contributed by atoms with Crippen LogP contribution in [0.3, 0.4) is 0 Å². The summed E-state index contributed by atoms with van der Waals surface area (Å²) in [4.78, 5) is 4.16. The van der Waals surface area contributed by atoms with E-state index in [4.69, 9.17) is 17.3 Å². The summed E-state index contributed by atoms with van der Waals surface area (Å²) in [7, 11) is 0. The van der Waals surface area contributed by atoms with Crippen LogP contribution in [-0.4, -0.2) is 9.55 Å². The highest BCUT2D eigenvalue weighted by atomic mass is 35.5. The maximum Gasteiger partial charge on any atom is 0.105 e. The lowest BCUT2D eigenvalue weighted by molar-refractivity contribution is 0.762. The molecule has 0 saturated carbocycles. The third-order valence-corrected chi connectivity index (χ3v) is 2.68. The van der Waals surface area contributed by atoms with Gasteiger partial charge in [0.1, 0.15) is 5.82 Å². The molecule has 0 aliphatic heterocycles. The maximum atomic E-state index is 5.85. The minimum Gasteiger partial charge on any atom is -0.398 e. The fourth-order valence-electron chi connectivity index (χ4n) is 1.46. The van der Waals surface area contributed by atoms with Crippen molar-refractivity contribution in [2.45, 2.75) is 13.5 Å². The summed E-state index contributed by atoms with van der Waals surface area (Å²) >= 11 is 5.85. The second-order valence-electron chi connectivity index (χ2n) is 3.46. The molecule has 0 radical (unpaired) electrons. The second-order valence-corrected chi connectivity index (χ2v) is 3.87. The molecule has 15 heavy (non-hydrogen) atoms. The number of aryl methyl sites for hydroxylation is 1. The summed E-state index contributed by atoms with van der Waals surface area (Å²) in [5.74, 6) is 0.989. The van der Waals surface area contributed by atoms with Crippen LogP contribution in [-0.2, 0) is 6.54 Å². The van der Waals surface area contributed by atoms with Gasteiger partial charge < -0.3 is 10.3 Å². The summed E-state index contributed by atoms with van der Waals surface area (Å²) < 4.78 is 2.06. The quantitative estimate of drug-likeness (QED) is 0.792. The maximum absolute atomic E-state index is 5.85. The monoisotopic (exact) mass is 221 g/mol. The van der Waals surface area contributed by atoms with Crippen LogP contribution in [0.15, 0.2) is 30.6 Å². The molecule has 0 unspecified atom stereocenters. The van der Waals surface area contributed by atoms with Crippen molar-refractivity contribution in [1.29, 1.82) is 0 Å². The zero-order valence-electron chi connectivity index (χ0n) is 8.44. The van der Waals surface area contributed by atoms with E-state index < -0.39 is 0 Å². The first kappa shape index (κ1) is 10.1. The van der Waals surface area contributed by atoms with E-state index in [0.29, 0.717) is 10.7 Å². The van der Waals surface area contributed by atoms with Crippen molar-refractivity contribution in [3.8, 4) is 0 Å². The second kappa shape index (κ2) is 3.95. The summed E-state index contributed by atoms with van der Waals surface area (Å²) in [6.07, 6.45) is 3.73. The lowest BCUT2D eigenvalue weighted by Gasteiger charge is -2.06. The highest BCUT2D eigenvalue weighted by Crippen LogP contribution is 2.20. The van der Waals surface area contributed by atoms with Crippen molar-refractivity contribution in [2.24, 2.45) is 0 Å². The predicted octanol–water partition coefficient (Wildman–Crippen LogP) is 2.48. The van der Waals surface area contributed by atoms with Gasteiger partial charge in [0, 0.05) is 18.9 Å². The molecule has 78 valence electrons. The number of nitrogens with zero attached hydrogens (tertiary/aromatic N) is 2. The fraction of sp³-hybridized carbons (Fsp3) is 0.182. The van der Waals surface area contributed by atoms with Gasteiger partial charge in [0.15, 0.2) is 0 Å². The standard InChI is InChI=1S/C11H12ClN3/c1-8-14-4-5-15(8)7-9-2-3-10(12)11(13)6-9/h2-6H,7,13H2,1H3. The number of hydrogen-bond acceptors (Lipinski definition) is 2.